The number of carboxylic acid groups (broad SMARTS) is 1. The lowest BCUT2D eigenvalue weighted by Crippen LogP contribution is -2.44. The van der Waals surface area contributed by atoms with Crippen molar-refractivity contribution >= 4 is 12.1 Å². The predicted molar refractivity (Wildman–Crippen MR) is 108 cm³/mol. The van der Waals surface area contributed by atoms with Crippen LogP contribution in [-0.4, -0.2) is 43.0 Å². The van der Waals surface area contributed by atoms with Gasteiger partial charge in [0.1, 0.15) is 6.61 Å². The maximum Gasteiger partial charge on any atom is 0.407 e. The number of fused-ring (bicyclic) bond motifs is 3. The zero-order valence-corrected chi connectivity index (χ0v) is 16.2. The van der Waals surface area contributed by atoms with Gasteiger partial charge < -0.3 is 19.9 Å². The molecule has 0 spiro atoms. The van der Waals surface area contributed by atoms with Crippen LogP contribution in [0.25, 0.3) is 11.1 Å². The van der Waals surface area contributed by atoms with Crippen LogP contribution in [-0.2, 0) is 14.3 Å². The van der Waals surface area contributed by atoms with Crippen LogP contribution in [0.3, 0.4) is 0 Å². The van der Waals surface area contributed by atoms with E-state index in [0.29, 0.717) is 13.2 Å². The van der Waals surface area contributed by atoms with E-state index in [9.17, 15) is 14.7 Å². The molecule has 0 saturated carbocycles. The minimum absolute atomic E-state index is 0.0193. The molecule has 2 aromatic rings. The smallest absolute Gasteiger partial charge is 0.407 e. The van der Waals surface area contributed by atoms with E-state index in [4.69, 9.17) is 9.47 Å². The van der Waals surface area contributed by atoms with Gasteiger partial charge in [0.15, 0.2) is 0 Å². The molecule has 2 aliphatic rings. The molecule has 1 heterocycles. The highest BCUT2D eigenvalue weighted by Gasteiger charge is 2.31. The molecule has 4 rings (SSSR count). The number of carbonyl (C=O) groups is 2. The van der Waals surface area contributed by atoms with Crippen molar-refractivity contribution in [3.05, 3.63) is 59.7 Å². The van der Waals surface area contributed by atoms with Crippen LogP contribution in [0.2, 0.25) is 0 Å². The van der Waals surface area contributed by atoms with Gasteiger partial charge >= 0.3 is 12.1 Å². The Labute approximate surface area is 169 Å². The Morgan fingerprint density at radius 1 is 1.03 bits per heavy atom. The second-order valence-corrected chi connectivity index (χ2v) is 7.62. The van der Waals surface area contributed by atoms with Gasteiger partial charge in [0.25, 0.3) is 0 Å². The second kappa shape index (κ2) is 8.66. The maximum atomic E-state index is 12.5. The molecule has 1 unspecified atom stereocenters. The van der Waals surface area contributed by atoms with E-state index in [0.717, 1.165) is 24.0 Å². The maximum absolute atomic E-state index is 12.5. The van der Waals surface area contributed by atoms with Crippen LogP contribution in [0.15, 0.2) is 48.5 Å². The number of rotatable bonds is 6. The van der Waals surface area contributed by atoms with E-state index < -0.39 is 18.1 Å². The van der Waals surface area contributed by atoms with E-state index >= 15 is 0 Å². The Balaban J connectivity index is 1.43. The Kier molecular flexibility index (Phi) is 5.81. The molecule has 1 aliphatic carbocycles. The fourth-order valence-electron chi connectivity index (χ4n) is 4.43. The second-order valence-electron chi connectivity index (χ2n) is 7.62. The summed E-state index contributed by atoms with van der Waals surface area (Å²) in [4.78, 5) is 23.8. The first-order valence-electron chi connectivity index (χ1n) is 10.0. The van der Waals surface area contributed by atoms with Crippen LogP contribution in [0.1, 0.15) is 36.3 Å². The monoisotopic (exact) mass is 395 g/mol. The van der Waals surface area contributed by atoms with Crippen molar-refractivity contribution in [2.24, 2.45) is 5.92 Å². The number of ether oxygens (including phenoxy) is 2. The van der Waals surface area contributed by atoms with Gasteiger partial charge in [0.2, 0.25) is 0 Å². The quantitative estimate of drug-likeness (QED) is 0.777. The topological polar surface area (TPSA) is 84.9 Å². The standard InChI is InChI=1S/C23H25NO5/c25-22(26)13-21(15-9-11-28-12-10-15)24-23(27)29-14-20-18-7-3-1-5-16(18)17-6-2-4-8-19(17)20/h1-8,15,20-21H,9-14H2,(H,24,27)(H,25,26). The molecule has 6 nitrogen and oxygen atoms in total. The van der Waals surface area contributed by atoms with E-state index in [1.165, 1.54) is 11.1 Å². The van der Waals surface area contributed by atoms with Gasteiger partial charge in [-0.3, -0.25) is 4.79 Å². The van der Waals surface area contributed by atoms with Crippen molar-refractivity contribution in [3.63, 3.8) is 0 Å². The molecule has 1 atom stereocenters. The van der Waals surface area contributed by atoms with Crippen molar-refractivity contribution in [1.82, 2.24) is 5.32 Å². The number of aliphatic carboxylic acids is 1. The minimum Gasteiger partial charge on any atom is -0.481 e. The van der Waals surface area contributed by atoms with E-state index in [1.807, 2.05) is 24.3 Å². The Bertz CT molecular complexity index is 845. The Morgan fingerprint density at radius 3 is 2.21 bits per heavy atom. The largest absolute Gasteiger partial charge is 0.481 e. The summed E-state index contributed by atoms with van der Waals surface area (Å²) in [6, 6.07) is 15.9. The third-order valence-electron chi connectivity index (χ3n) is 5.88. The minimum atomic E-state index is -0.930. The fourth-order valence-corrected chi connectivity index (χ4v) is 4.43. The molecule has 1 amide bonds. The van der Waals surface area contributed by atoms with Crippen molar-refractivity contribution in [1.29, 1.82) is 0 Å². The van der Waals surface area contributed by atoms with Crippen molar-refractivity contribution < 1.29 is 24.2 Å². The van der Waals surface area contributed by atoms with Gasteiger partial charge in [-0.2, -0.15) is 0 Å². The number of amides is 1. The third kappa shape index (κ3) is 4.27. The molecule has 152 valence electrons. The number of hydrogen-bond acceptors (Lipinski definition) is 4. The normalized spacial score (nSPS) is 17.2. The number of carboxylic acids is 1. The highest BCUT2D eigenvalue weighted by Crippen LogP contribution is 2.44. The van der Waals surface area contributed by atoms with Crippen LogP contribution in [0, 0.1) is 5.92 Å². The average Bonchev–Trinajstić information content (AvgIpc) is 3.06. The Hall–Kier alpha value is -2.86. The van der Waals surface area contributed by atoms with Gasteiger partial charge in [-0.15, -0.1) is 0 Å². The van der Waals surface area contributed by atoms with E-state index in [1.54, 1.807) is 0 Å². The Morgan fingerprint density at radius 2 is 1.62 bits per heavy atom. The summed E-state index contributed by atoms with van der Waals surface area (Å²) in [7, 11) is 0. The molecule has 0 aromatic heterocycles. The molecule has 1 fully saturated rings. The number of benzene rings is 2. The van der Waals surface area contributed by atoms with Gasteiger partial charge in [-0.05, 0) is 41.0 Å². The molecule has 0 bridgehead atoms. The van der Waals surface area contributed by atoms with Crippen LogP contribution < -0.4 is 5.32 Å². The molecule has 1 aliphatic heterocycles. The van der Waals surface area contributed by atoms with Crippen molar-refractivity contribution in [2.75, 3.05) is 19.8 Å². The molecule has 0 radical (unpaired) electrons. The lowest BCUT2D eigenvalue weighted by molar-refractivity contribution is -0.138. The first-order valence-corrected chi connectivity index (χ1v) is 10.0. The van der Waals surface area contributed by atoms with E-state index in [-0.39, 0.29) is 24.9 Å². The number of carbonyl (C=O) groups excluding carboxylic acids is 1. The summed E-state index contributed by atoms with van der Waals surface area (Å²) < 4.78 is 10.9. The molecular formula is C23H25NO5. The summed E-state index contributed by atoms with van der Waals surface area (Å²) >= 11 is 0. The van der Waals surface area contributed by atoms with Crippen molar-refractivity contribution in [2.45, 2.75) is 31.2 Å². The molecule has 2 N–H and O–H groups in total. The van der Waals surface area contributed by atoms with Crippen LogP contribution >= 0.6 is 0 Å². The van der Waals surface area contributed by atoms with Gasteiger partial charge in [0.05, 0.1) is 6.42 Å². The van der Waals surface area contributed by atoms with Gasteiger partial charge in [-0.25, -0.2) is 4.79 Å². The molecule has 2 aromatic carbocycles. The number of nitrogens with one attached hydrogen (secondary N) is 1. The lowest BCUT2D eigenvalue weighted by atomic mass is 9.90. The average molecular weight is 395 g/mol. The summed E-state index contributed by atoms with van der Waals surface area (Å²) in [6.45, 7) is 1.40. The number of hydrogen-bond donors (Lipinski definition) is 2. The highest BCUT2D eigenvalue weighted by molar-refractivity contribution is 5.79. The first kappa shape index (κ1) is 19.5. The first-order chi connectivity index (χ1) is 14.1. The van der Waals surface area contributed by atoms with Gasteiger partial charge in [0, 0.05) is 25.2 Å². The van der Waals surface area contributed by atoms with Crippen LogP contribution in [0.5, 0.6) is 0 Å². The molecular weight excluding hydrogens is 370 g/mol. The molecule has 6 heteroatoms. The predicted octanol–water partition coefficient (Wildman–Crippen LogP) is 3.80. The molecule has 29 heavy (non-hydrogen) atoms. The summed E-state index contributed by atoms with van der Waals surface area (Å²) in [5, 5.41) is 12.0. The van der Waals surface area contributed by atoms with E-state index in [2.05, 4.69) is 29.6 Å². The SMILES string of the molecule is O=C(O)CC(NC(=O)OCC1c2ccccc2-c2ccccc21)C1CCOCC1. The summed E-state index contributed by atoms with van der Waals surface area (Å²) in [5.74, 6) is -0.866. The van der Waals surface area contributed by atoms with Gasteiger partial charge in [-0.1, -0.05) is 48.5 Å². The zero-order valence-electron chi connectivity index (χ0n) is 16.2. The number of alkyl carbamates (subject to hydrolysis) is 1. The third-order valence-corrected chi connectivity index (χ3v) is 5.88. The highest BCUT2D eigenvalue weighted by atomic mass is 16.5. The summed E-state index contributed by atoms with van der Waals surface area (Å²) in [5.41, 5.74) is 4.63. The zero-order chi connectivity index (χ0) is 20.2. The summed E-state index contributed by atoms with van der Waals surface area (Å²) in [6.07, 6.45) is 0.794. The molecule has 1 saturated heterocycles. The fraction of sp³-hybridized carbons (Fsp3) is 0.391. The van der Waals surface area contributed by atoms with Crippen molar-refractivity contribution in [3.8, 4) is 11.1 Å². The lowest BCUT2D eigenvalue weighted by Gasteiger charge is -2.29. The van der Waals surface area contributed by atoms with Crippen LogP contribution in [0.4, 0.5) is 4.79 Å².